The van der Waals surface area contributed by atoms with Crippen molar-refractivity contribution in [2.75, 3.05) is 13.2 Å². The summed E-state index contributed by atoms with van der Waals surface area (Å²) in [7, 11) is 0. The fraction of sp³-hybridized carbons (Fsp3) is 0.923. The SMILES string of the molecule is C.C.CC(C)OC[C@@H]1C[C@@H](OC(C)C)CN1C(=O)CCCCCCCCC(=O)C(C)C. The van der Waals surface area contributed by atoms with E-state index < -0.39 is 0 Å². The average Bonchev–Trinajstić information content (AvgIpc) is 3.03. The third-order valence-corrected chi connectivity index (χ3v) is 5.49. The van der Waals surface area contributed by atoms with Crippen molar-refractivity contribution in [3.8, 4) is 0 Å². The molecule has 0 aromatic rings. The van der Waals surface area contributed by atoms with Gasteiger partial charge in [-0.25, -0.2) is 0 Å². The van der Waals surface area contributed by atoms with Gasteiger partial charge in [-0.05, 0) is 47.0 Å². The molecular weight excluding hydrogens is 390 g/mol. The molecule has 186 valence electrons. The number of unbranched alkanes of at least 4 members (excludes halogenated alkanes) is 5. The van der Waals surface area contributed by atoms with Crippen LogP contribution in [0.25, 0.3) is 0 Å². The predicted octanol–water partition coefficient (Wildman–Crippen LogP) is 6.42. The second-order valence-electron chi connectivity index (χ2n) is 9.37. The van der Waals surface area contributed by atoms with Crippen LogP contribution in [0.3, 0.4) is 0 Å². The van der Waals surface area contributed by atoms with E-state index in [-0.39, 0.29) is 51.0 Å². The molecule has 1 rings (SSSR count). The Morgan fingerprint density at radius 3 is 1.90 bits per heavy atom. The fourth-order valence-electron chi connectivity index (χ4n) is 3.84. The van der Waals surface area contributed by atoms with Gasteiger partial charge >= 0.3 is 0 Å². The van der Waals surface area contributed by atoms with Crippen LogP contribution < -0.4 is 0 Å². The minimum Gasteiger partial charge on any atom is -0.377 e. The number of Topliss-reactive ketones (excluding diaryl/α,β-unsaturated/α-hetero) is 1. The number of carbonyl (C=O) groups excluding carboxylic acids is 2. The second-order valence-corrected chi connectivity index (χ2v) is 9.37. The topological polar surface area (TPSA) is 55.8 Å². The molecule has 1 saturated heterocycles. The lowest BCUT2D eigenvalue weighted by Crippen LogP contribution is -2.39. The molecule has 0 radical (unpaired) electrons. The van der Waals surface area contributed by atoms with E-state index in [0.717, 1.165) is 44.9 Å². The Hall–Kier alpha value is -0.940. The Kier molecular flexibility index (Phi) is 18.3. The van der Waals surface area contributed by atoms with E-state index in [1.807, 2.05) is 46.4 Å². The summed E-state index contributed by atoms with van der Waals surface area (Å²) in [4.78, 5) is 26.4. The Morgan fingerprint density at radius 1 is 0.839 bits per heavy atom. The zero-order valence-corrected chi connectivity index (χ0v) is 19.7. The number of ether oxygens (including phenoxy) is 2. The third-order valence-electron chi connectivity index (χ3n) is 5.49. The third kappa shape index (κ3) is 13.9. The number of carbonyl (C=O) groups is 2. The summed E-state index contributed by atoms with van der Waals surface area (Å²) in [6, 6.07) is 0.132. The lowest BCUT2D eigenvalue weighted by molar-refractivity contribution is -0.134. The van der Waals surface area contributed by atoms with Crippen LogP contribution in [0, 0.1) is 5.92 Å². The van der Waals surface area contributed by atoms with E-state index in [9.17, 15) is 9.59 Å². The quantitative estimate of drug-likeness (QED) is 0.274. The number of likely N-dealkylation sites (tertiary alicyclic amines) is 1. The zero-order chi connectivity index (χ0) is 21.8. The molecule has 0 spiro atoms. The largest absolute Gasteiger partial charge is 0.377 e. The fourth-order valence-corrected chi connectivity index (χ4v) is 3.84. The van der Waals surface area contributed by atoms with Gasteiger partial charge in [-0.1, -0.05) is 54.4 Å². The monoisotopic (exact) mass is 443 g/mol. The van der Waals surface area contributed by atoms with Crippen LogP contribution >= 0.6 is 0 Å². The smallest absolute Gasteiger partial charge is 0.222 e. The number of hydrogen-bond donors (Lipinski definition) is 0. The minimum absolute atomic E-state index is 0. The van der Waals surface area contributed by atoms with E-state index >= 15 is 0 Å². The zero-order valence-electron chi connectivity index (χ0n) is 19.7. The maximum Gasteiger partial charge on any atom is 0.222 e. The predicted molar refractivity (Wildman–Crippen MR) is 131 cm³/mol. The van der Waals surface area contributed by atoms with E-state index in [4.69, 9.17) is 9.47 Å². The summed E-state index contributed by atoms with van der Waals surface area (Å²) in [5.41, 5.74) is 0. The summed E-state index contributed by atoms with van der Waals surface area (Å²) < 4.78 is 11.8. The summed E-state index contributed by atoms with van der Waals surface area (Å²) in [6.07, 6.45) is 9.08. The van der Waals surface area contributed by atoms with Crippen LogP contribution in [0.2, 0.25) is 0 Å². The first kappa shape index (κ1) is 32.2. The summed E-state index contributed by atoms with van der Waals surface area (Å²) in [5, 5.41) is 0. The number of hydrogen-bond acceptors (Lipinski definition) is 4. The molecule has 0 aromatic carbocycles. The van der Waals surface area contributed by atoms with Crippen molar-refractivity contribution in [2.24, 2.45) is 5.92 Å². The van der Waals surface area contributed by atoms with Crippen molar-refractivity contribution in [1.29, 1.82) is 0 Å². The molecule has 5 heteroatoms. The van der Waals surface area contributed by atoms with Crippen molar-refractivity contribution >= 4 is 11.7 Å². The van der Waals surface area contributed by atoms with Crippen molar-refractivity contribution in [3.05, 3.63) is 0 Å². The maximum atomic E-state index is 12.8. The molecule has 2 atom stereocenters. The summed E-state index contributed by atoms with van der Waals surface area (Å²) >= 11 is 0. The number of amides is 1. The van der Waals surface area contributed by atoms with Crippen molar-refractivity contribution < 1.29 is 19.1 Å². The van der Waals surface area contributed by atoms with Crippen LogP contribution in [0.1, 0.15) is 114 Å². The van der Waals surface area contributed by atoms with Gasteiger partial charge < -0.3 is 14.4 Å². The van der Waals surface area contributed by atoms with Gasteiger partial charge in [0.15, 0.2) is 0 Å². The Labute approximate surface area is 193 Å². The molecule has 1 aliphatic rings. The highest BCUT2D eigenvalue weighted by molar-refractivity contribution is 5.80. The second kappa shape index (κ2) is 17.6. The van der Waals surface area contributed by atoms with Gasteiger partial charge in [0, 0.05) is 25.3 Å². The normalized spacial score (nSPS) is 18.4. The average molecular weight is 444 g/mol. The van der Waals surface area contributed by atoms with Crippen LogP contribution in [0.4, 0.5) is 0 Å². The molecule has 1 heterocycles. The van der Waals surface area contributed by atoms with Gasteiger partial charge in [-0.3, -0.25) is 9.59 Å². The Morgan fingerprint density at radius 2 is 1.39 bits per heavy atom. The molecule has 0 saturated carbocycles. The van der Waals surface area contributed by atoms with Crippen molar-refractivity contribution in [1.82, 2.24) is 4.90 Å². The van der Waals surface area contributed by atoms with Gasteiger partial charge in [-0.15, -0.1) is 0 Å². The molecule has 1 fully saturated rings. The van der Waals surface area contributed by atoms with Gasteiger partial charge in [0.1, 0.15) is 5.78 Å². The van der Waals surface area contributed by atoms with Gasteiger partial charge in [-0.2, -0.15) is 0 Å². The van der Waals surface area contributed by atoms with Crippen LogP contribution in [-0.4, -0.2) is 54.1 Å². The molecular formula is C26H53NO4. The molecule has 0 bridgehead atoms. The first-order valence-electron chi connectivity index (χ1n) is 11.8. The molecule has 0 aromatic heterocycles. The summed E-state index contributed by atoms with van der Waals surface area (Å²) in [5.74, 6) is 0.767. The number of rotatable bonds is 15. The molecule has 0 aliphatic carbocycles. The minimum atomic E-state index is 0. The van der Waals surface area contributed by atoms with Crippen molar-refractivity contribution in [2.45, 2.75) is 139 Å². The highest BCUT2D eigenvalue weighted by atomic mass is 16.5. The first-order valence-corrected chi connectivity index (χ1v) is 11.8. The van der Waals surface area contributed by atoms with E-state index in [2.05, 4.69) is 0 Å². The van der Waals surface area contributed by atoms with Crippen LogP contribution in [0.15, 0.2) is 0 Å². The van der Waals surface area contributed by atoms with Crippen molar-refractivity contribution in [3.63, 3.8) is 0 Å². The summed E-state index contributed by atoms with van der Waals surface area (Å²) in [6.45, 7) is 13.4. The molecule has 5 nitrogen and oxygen atoms in total. The van der Waals surface area contributed by atoms with Gasteiger partial charge in [0.05, 0.1) is 31.0 Å². The highest BCUT2D eigenvalue weighted by Gasteiger charge is 2.36. The van der Waals surface area contributed by atoms with E-state index in [1.54, 1.807) is 0 Å². The van der Waals surface area contributed by atoms with E-state index in [1.165, 1.54) is 0 Å². The van der Waals surface area contributed by atoms with Gasteiger partial charge in [0.2, 0.25) is 5.91 Å². The molecule has 1 amide bonds. The van der Waals surface area contributed by atoms with Gasteiger partial charge in [0.25, 0.3) is 0 Å². The Balaban J connectivity index is 0. The molecule has 0 N–H and O–H groups in total. The molecule has 0 unspecified atom stereocenters. The number of ketones is 1. The van der Waals surface area contributed by atoms with E-state index in [0.29, 0.717) is 31.8 Å². The van der Waals surface area contributed by atoms with Crippen LogP contribution in [-0.2, 0) is 19.1 Å². The molecule has 31 heavy (non-hydrogen) atoms. The Bertz CT molecular complexity index is 476. The lowest BCUT2D eigenvalue weighted by Gasteiger charge is -2.25. The maximum absolute atomic E-state index is 12.8. The first-order chi connectivity index (χ1) is 13.7. The molecule has 1 aliphatic heterocycles. The standard InChI is InChI=1S/C24H45NO4.2CH4/c1-18(2)23(26)13-11-9-7-8-10-12-14-24(27)25-16-22(29-20(5)6)15-21(25)17-28-19(3)4;;/h18-22H,7-17H2,1-6H3;2*1H4/t21-,22+;;/m0../s1. The lowest BCUT2D eigenvalue weighted by atomic mass is 10.0. The highest BCUT2D eigenvalue weighted by Crippen LogP contribution is 2.24. The van der Waals surface area contributed by atoms with Crippen LogP contribution in [0.5, 0.6) is 0 Å². The number of nitrogens with zero attached hydrogens (tertiary/aromatic N) is 1.